The molecule has 2 aromatic carbocycles. The SMILES string of the molecule is Cc1cc(-c2ccc(F)c(F)c2F)c(-c2ccc(S(C)(=O)=O)cc2)[nH]1. The number of aryl methyl sites for hydroxylation is 1. The van der Waals surface area contributed by atoms with Gasteiger partial charge < -0.3 is 4.98 Å². The van der Waals surface area contributed by atoms with Gasteiger partial charge in [0, 0.05) is 23.1 Å². The molecule has 3 nitrogen and oxygen atoms in total. The first kappa shape index (κ1) is 17.3. The van der Waals surface area contributed by atoms with Crippen molar-refractivity contribution in [3.8, 4) is 22.4 Å². The van der Waals surface area contributed by atoms with E-state index in [-0.39, 0.29) is 10.5 Å². The van der Waals surface area contributed by atoms with Crippen LogP contribution in [0.25, 0.3) is 22.4 Å². The molecule has 0 radical (unpaired) electrons. The number of sulfone groups is 1. The molecule has 3 rings (SSSR count). The molecule has 1 heterocycles. The third-order valence-corrected chi connectivity index (χ3v) is 4.98. The topological polar surface area (TPSA) is 49.9 Å². The van der Waals surface area contributed by atoms with E-state index in [0.29, 0.717) is 22.5 Å². The molecule has 0 spiro atoms. The Balaban J connectivity index is 2.16. The van der Waals surface area contributed by atoms with E-state index in [1.165, 1.54) is 18.2 Å². The number of halogens is 3. The lowest BCUT2D eigenvalue weighted by Crippen LogP contribution is -1.97. The highest BCUT2D eigenvalue weighted by molar-refractivity contribution is 7.90. The smallest absolute Gasteiger partial charge is 0.195 e. The lowest BCUT2D eigenvalue weighted by Gasteiger charge is -2.08. The summed E-state index contributed by atoms with van der Waals surface area (Å²) in [7, 11) is -3.34. The van der Waals surface area contributed by atoms with Crippen LogP contribution in [0.2, 0.25) is 0 Å². The van der Waals surface area contributed by atoms with Gasteiger partial charge in [-0.1, -0.05) is 12.1 Å². The standard InChI is InChI=1S/C18H14F3NO2S/c1-10-9-14(13-7-8-15(19)17(21)16(13)20)18(22-10)11-3-5-12(6-4-11)25(2,23)24/h3-9,22H,1-2H3. The second-order valence-electron chi connectivity index (χ2n) is 5.76. The minimum atomic E-state index is -3.34. The zero-order valence-corrected chi connectivity index (χ0v) is 14.2. The summed E-state index contributed by atoms with van der Waals surface area (Å²) in [6.07, 6.45) is 1.10. The van der Waals surface area contributed by atoms with Crippen LogP contribution in [-0.2, 0) is 9.84 Å². The zero-order valence-electron chi connectivity index (χ0n) is 13.4. The van der Waals surface area contributed by atoms with E-state index in [9.17, 15) is 21.6 Å². The van der Waals surface area contributed by atoms with Crippen molar-refractivity contribution in [3.05, 3.63) is 65.6 Å². The van der Waals surface area contributed by atoms with E-state index in [1.54, 1.807) is 25.1 Å². The van der Waals surface area contributed by atoms with Gasteiger partial charge >= 0.3 is 0 Å². The molecule has 3 aromatic rings. The Labute approximate surface area is 143 Å². The van der Waals surface area contributed by atoms with Crippen molar-refractivity contribution in [2.45, 2.75) is 11.8 Å². The summed E-state index contributed by atoms with van der Waals surface area (Å²) in [6.45, 7) is 1.75. The van der Waals surface area contributed by atoms with Crippen molar-refractivity contribution in [1.82, 2.24) is 4.98 Å². The van der Waals surface area contributed by atoms with Crippen molar-refractivity contribution in [1.29, 1.82) is 0 Å². The predicted octanol–water partition coefficient (Wildman–Crippen LogP) is 4.48. The monoisotopic (exact) mass is 365 g/mol. The number of rotatable bonds is 3. The number of hydrogen-bond acceptors (Lipinski definition) is 2. The fraction of sp³-hybridized carbons (Fsp3) is 0.111. The van der Waals surface area contributed by atoms with Crippen LogP contribution in [0.15, 0.2) is 47.4 Å². The van der Waals surface area contributed by atoms with Crippen molar-refractivity contribution >= 4 is 9.84 Å². The van der Waals surface area contributed by atoms with E-state index in [1.807, 2.05) is 0 Å². The number of aromatic nitrogens is 1. The van der Waals surface area contributed by atoms with Gasteiger partial charge in [-0.15, -0.1) is 0 Å². The van der Waals surface area contributed by atoms with Crippen LogP contribution in [0.5, 0.6) is 0 Å². The first-order valence-corrected chi connectivity index (χ1v) is 9.21. The van der Waals surface area contributed by atoms with Crippen LogP contribution in [0, 0.1) is 24.4 Å². The zero-order chi connectivity index (χ0) is 18.4. The second kappa shape index (κ2) is 6.07. The molecule has 0 saturated carbocycles. The minimum absolute atomic E-state index is 0.0783. The number of H-pyrrole nitrogens is 1. The molecule has 0 bridgehead atoms. The van der Waals surface area contributed by atoms with Crippen LogP contribution in [-0.4, -0.2) is 19.7 Å². The molecule has 1 aromatic heterocycles. The molecular weight excluding hydrogens is 351 g/mol. The van der Waals surface area contributed by atoms with Gasteiger partial charge in [0.1, 0.15) is 0 Å². The van der Waals surface area contributed by atoms with Gasteiger partial charge in [0.2, 0.25) is 0 Å². The lowest BCUT2D eigenvalue weighted by molar-refractivity contribution is 0.449. The fourth-order valence-corrected chi connectivity index (χ4v) is 3.26. The highest BCUT2D eigenvalue weighted by Gasteiger charge is 2.19. The molecule has 0 saturated heterocycles. The molecule has 0 fully saturated rings. The van der Waals surface area contributed by atoms with Crippen LogP contribution in [0.3, 0.4) is 0 Å². The van der Waals surface area contributed by atoms with E-state index in [2.05, 4.69) is 4.98 Å². The van der Waals surface area contributed by atoms with Crippen LogP contribution < -0.4 is 0 Å². The van der Waals surface area contributed by atoms with Crippen LogP contribution in [0.4, 0.5) is 13.2 Å². The molecule has 1 N–H and O–H groups in total. The van der Waals surface area contributed by atoms with Crippen molar-refractivity contribution in [2.24, 2.45) is 0 Å². The molecule has 0 amide bonds. The molecule has 0 aliphatic heterocycles. The molecule has 25 heavy (non-hydrogen) atoms. The molecule has 0 atom stereocenters. The van der Waals surface area contributed by atoms with Gasteiger partial charge in [0.05, 0.1) is 10.6 Å². The summed E-state index contributed by atoms with van der Waals surface area (Å²) < 4.78 is 64.0. The summed E-state index contributed by atoms with van der Waals surface area (Å²) >= 11 is 0. The quantitative estimate of drug-likeness (QED) is 0.696. The molecular formula is C18H14F3NO2S. The largest absolute Gasteiger partial charge is 0.358 e. The number of aromatic amines is 1. The molecule has 7 heteroatoms. The van der Waals surface area contributed by atoms with Crippen molar-refractivity contribution < 1.29 is 21.6 Å². The fourth-order valence-electron chi connectivity index (χ4n) is 2.63. The van der Waals surface area contributed by atoms with E-state index >= 15 is 0 Å². The molecule has 0 aliphatic rings. The number of nitrogens with one attached hydrogen (secondary N) is 1. The Morgan fingerprint density at radius 2 is 1.52 bits per heavy atom. The Bertz CT molecular complexity index is 1050. The van der Waals surface area contributed by atoms with Gasteiger partial charge in [-0.05, 0) is 42.8 Å². The maximum atomic E-state index is 14.2. The highest BCUT2D eigenvalue weighted by atomic mass is 32.2. The second-order valence-corrected chi connectivity index (χ2v) is 7.78. The molecule has 130 valence electrons. The van der Waals surface area contributed by atoms with E-state index in [0.717, 1.165) is 12.3 Å². The highest BCUT2D eigenvalue weighted by Crippen LogP contribution is 2.35. The first-order valence-electron chi connectivity index (χ1n) is 7.32. The molecule has 0 unspecified atom stereocenters. The average molecular weight is 365 g/mol. The third kappa shape index (κ3) is 3.19. The predicted molar refractivity (Wildman–Crippen MR) is 89.4 cm³/mol. The number of hydrogen-bond donors (Lipinski definition) is 1. The van der Waals surface area contributed by atoms with Gasteiger partial charge in [0.15, 0.2) is 27.3 Å². The third-order valence-electron chi connectivity index (χ3n) is 3.85. The maximum Gasteiger partial charge on any atom is 0.195 e. The summed E-state index contributed by atoms with van der Waals surface area (Å²) in [5.74, 6) is -4.06. The van der Waals surface area contributed by atoms with Gasteiger partial charge in [-0.2, -0.15) is 0 Å². The summed E-state index contributed by atoms with van der Waals surface area (Å²) in [4.78, 5) is 3.20. The minimum Gasteiger partial charge on any atom is -0.358 e. The molecule has 0 aliphatic carbocycles. The van der Waals surface area contributed by atoms with Crippen LogP contribution >= 0.6 is 0 Å². The van der Waals surface area contributed by atoms with E-state index < -0.39 is 27.3 Å². The Kier molecular flexibility index (Phi) is 4.20. The van der Waals surface area contributed by atoms with Gasteiger partial charge in [-0.3, -0.25) is 0 Å². The maximum absolute atomic E-state index is 14.2. The normalized spacial score (nSPS) is 11.7. The first-order chi connectivity index (χ1) is 11.7. The van der Waals surface area contributed by atoms with Gasteiger partial charge in [-0.25, -0.2) is 21.6 Å². The van der Waals surface area contributed by atoms with Gasteiger partial charge in [0.25, 0.3) is 0 Å². The Morgan fingerprint density at radius 1 is 0.880 bits per heavy atom. The van der Waals surface area contributed by atoms with E-state index in [4.69, 9.17) is 0 Å². The lowest BCUT2D eigenvalue weighted by atomic mass is 10.0. The van der Waals surface area contributed by atoms with Crippen molar-refractivity contribution in [2.75, 3.05) is 6.26 Å². The van der Waals surface area contributed by atoms with Crippen LogP contribution in [0.1, 0.15) is 5.69 Å². The summed E-state index contributed by atoms with van der Waals surface area (Å²) in [5.41, 5.74) is 2.06. The summed E-state index contributed by atoms with van der Waals surface area (Å²) in [6, 6.07) is 9.68. The number of benzene rings is 2. The Morgan fingerprint density at radius 3 is 2.12 bits per heavy atom. The summed E-state index contributed by atoms with van der Waals surface area (Å²) in [5, 5.41) is 0. The average Bonchev–Trinajstić information content (AvgIpc) is 2.94. The van der Waals surface area contributed by atoms with Crippen molar-refractivity contribution in [3.63, 3.8) is 0 Å². The Hall–Kier alpha value is -2.54.